The molecule has 0 atom stereocenters. The third-order valence-corrected chi connectivity index (χ3v) is 5.95. The molecule has 0 saturated carbocycles. The number of piperazine rings is 1. The topological polar surface area (TPSA) is 69.1 Å². The van der Waals surface area contributed by atoms with Gasteiger partial charge in [-0.1, -0.05) is 6.07 Å². The van der Waals surface area contributed by atoms with E-state index < -0.39 is 17.6 Å². The molecular formula is C23H29F4N7O. The molecule has 190 valence electrons. The first-order valence-corrected chi connectivity index (χ1v) is 11.4. The number of nitrogens with zero attached hydrogens (tertiary/aromatic N) is 6. The van der Waals surface area contributed by atoms with Crippen molar-refractivity contribution < 1.29 is 22.3 Å². The number of morpholine rings is 1. The molecule has 35 heavy (non-hydrogen) atoms. The molecule has 3 heterocycles. The van der Waals surface area contributed by atoms with E-state index in [9.17, 15) is 17.6 Å². The molecule has 0 radical (unpaired) electrons. The van der Waals surface area contributed by atoms with E-state index in [1.165, 1.54) is 12.3 Å². The van der Waals surface area contributed by atoms with Crippen molar-refractivity contribution in [3.63, 3.8) is 0 Å². The third kappa shape index (κ3) is 6.37. The van der Waals surface area contributed by atoms with Gasteiger partial charge in [0.15, 0.2) is 17.5 Å². The molecule has 1 aromatic carbocycles. The minimum atomic E-state index is -4.39. The van der Waals surface area contributed by atoms with E-state index in [1.807, 2.05) is 28.7 Å². The van der Waals surface area contributed by atoms with Crippen LogP contribution in [0.2, 0.25) is 0 Å². The number of nitrogens with one attached hydrogen (secondary N) is 1. The number of halogens is 4. The molecule has 0 aliphatic carbocycles. The molecule has 8 nitrogen and oxygen atoms in total. The van der Waals surface area contributed by atoms with Crippen LogP contribution in [0, 0.1) is 5.82 Å². The van der Waals surface area contributed by atoms with Gasteiger partial charge in [0.05, 0.1) is 36.9 Å². The summed E-state index contributed by atoms with van der Waals surface area (Å²) >= 11 is 0. The number of alkyl halides is 3. The first-order chi connectivity index (χ1) is 16.6. The van der Waals surface area contributed by atoms with E-state index in [4.69, 9.17) is 4.74 Å². The Morgan fingerprint density at radius 1 is 1.17 bits per heavy atom. The lowest BCUT2D eigenvalue weighted by Crippen LogP contribution is -2.60. The number of rotatable bonds is 6. The summed E-state index contributed by atoms with van der Waals surface area (Å²) in [4.78, 5) is 16.7. The van der Waals surface area contributed by atoms with E-state index in [2.05, 4.69) is 20.4 Å². The molecular weight excluding hydrogens is 466 g/mol. The number of hydrazine groups is 1. The maximum absolute atomic E-state index is 14.2. The lowest BCUT2D eigenvalue weighted by Gasteiger charge is -2.46. The van der Waals surface area contributed by atoms with Crippen LogP contribution in [0.4, 0.5) is 29.1 Å². The number of anilines is 2. The van der Waals surface area contributed by atoms with Gasteiger partial charge in [0.25, 0.3) is 0 Å². The monoisotopic (exact) mass is 495 g/mol. The number of hydrogen-bond acceptors (Lipinski definition) is 7. The highest BCUT2D eigenvalue weighted by Crippen LogP contribution is 2.31. The Hall–Kier alpha value is -2.99. The molecule has 2 fully saturated rings. The average molecular weight is 496 g/mol. The van der Waals surface area contributed by atoms with Gasteiger partial charge >= 0.3 is 6.18 Å². The van der Waals surface area contributed by atoms with Crippen LogP contribution in [0.5, 0.6) is 0 Å². The highest BCUT2D eigenvalue weighted by Gasteiger charge is 2.34. The normalized spacial score (nSPS) is 19.4. The van der Waals surface area contributed by atoms with Gasteiger partial charge in [-0.25, -0.2) is 19.4 Å². The van der Waals surface area contributed by atoms with Crippen molar-refractivity contribution in [2.75, 3.05) is 56.3 Å². The maximum Gasteiger partial charge on any atom is 0.416 e. The van der Waals surface area contributed by atoms with Gasteiger partial charge in [-0.15, -0.1) is 0 Å². The van der Waals surface area contributed by atoms with Gasteiger partial charge in [0.2, 0.25) is 0 Å². The second-order valence-electron chi connectivity index (χ2n) is 9.14. The minimum absolute atomic E-state index is 0.209. The van der Waals surface area contributed by atoms with Crippen LogP contribution >= 0.6 is 0 Å². The van der Waals surface area contributed by atoms with Crippen molar-refractivity contribution in [3.05, 3.63) is 47.7 Å². The van der Waals surface area contributed by atoms with Crippen LogP contribution in [0.3, 0.4) is 0 Å². The Labute approximate surface area is 201 Å². The van der Waals surface area contributed by atoms with Crippen LogP contribution < -0.4 is 10.3 Å². The summed E-state index contributed by atoms with van der Waals surface area (Å²) < 4.78 is 58.6. The predicted octanol–water partition coefficient (Wildman–Crippen LogP) is 3.42. The van der Waals surface area contributed by atoms with Gasteiger partial charge < -0.3 is 20.0 Å². The summed E-state index contributed by atoms with van der Waals surface area (Å²) in [6, 6.07) is 5.17. The zero-order valence-electron chi connectivity index (χ0n) is 19.7. The minimum Gasteiger partial charge on any atom is -0.378 e. The maximum atomic E-state index is 14.2. The first-order valence-electron chi connectivity index (χ1n) is 11.4. The molecule has 0 amide bonds. The Balaban J connectivity index is 1.34. The molecule has 2 saturated heterocycles. The lowest BCUT2D eigenvalue weighted by molar-refractivity contribution is -0.137. The molecule has 1 aromatic heterocycles. The number of hydrogen-bond donors (Lipinski definition) is 1. The van der Waals surface area contributed by atoms with Crippen LogP contribution in [0.15, 0.2) is 35.5 Å². The zero-order valence-corrected chi connectivity index (χ0v) is 19.7. The van der Waals surface area contributed by atoms with E-state index >= 15 is 0 Å². The molecule has 0 bridgehead atoms. The molecule has 4 rings (SSSR count). The fourth-order valence-electron chi connectivity index (χ4n) is 4.12. The summed E-state index contributed by atoms with van der Waals surface area (Å²) in [6.45, 7) is 8.23. The molecule has 2 aromatic rings. The Bertz CT molecular complexity index is 1040. The van der Waals surface area contributed by atoms with E-state index in [1.54, 1.807) is 12.4 Å². The van der Waals surface area contributed by atoms with Crippen LogP contribution in [-0.2, 0) is 17.5 Å². The largest absolute Gasteiger partial charge is 0.416 e. The van der Waals surface area contributed by atoms with Crippen molar-refractivity contribution in [1.82, 2.24) is 19.9 Å². The second kappa shape index (κ2) is 10.3. The number of ether oxygens (including phenoxy) is 1. The first kappa shape index (κ1) is 25.1. The van der Waals surface area contributed by atoms with Crippen molar-refractivity contribution in [3.8, 4) is 0 Å². The summed E-state index contributed by atoms with van der Waals surface area (Å²) in [5.74, 6) is 0.225. The Morgan fingerprint density at radius 3 is 2.66 bits per heavy atom. The summed E-state index contributed by atoms with van der Waals surface area (Å²) in [5, 5.41) is 1.94. The van der Waals surface area contributed by atoms with Crippen molar-refractivity contribution >= 4 is 17.8 Å². The lowest BCUT2D eigenvalue weighted by atomic mass is 10.0. The Morgan fingerprint density at radius 2 is 1.94 bits per heavy atom. The van der Waals surface area contributed by atoms with Gasteiger partial charge in [-0.2, -0.15) is 13.2 Å². The van der Waals surface area contributed by atoms with Crippen molar-refractivity contribution in [2.24, 2.45) is 4.99 Å². The highest BCUT2D eigenvalue weighted by atomic mass is 19.4. The quantitative estimate of drug-likeness (QED) is 0.374. The van der Waals surface area contributed by atoms with Crippen LogP contribution in [0.1, 0.15) is 25.2 Å². The second-order valence-corrected chi connectivity index (χ2v) is 9.14. The summed E-state index contributed by atoms with van der Waals surface area (Å²) in [5.41, 5.74) is 2.44. The van der Waals surface area contributed by atoms with Crippen molar-refractivity contribution in [1.29, 1.82) is 0 Å². The zero-order chi connectivity index (χ0) is 25.1. The number of benzene rings is 1. The SMILES string of the molecule is CC1(C)CN(C=NCc2ncc(F)c(N3CCOCC3)n2)CCN1Nc1cccc(C(F)(F)F)c1. The molecule has 2 aliphatic rings. The smallest absolute Gasteiger partial charge is 0.378 e. The molecule has 0 unspecified atom stereocenters. The summed E-state index contributed by atoms with van der Waals surface area (Å²) in [7, 11) is 0. The standard InChI is InChI=1S/C23H29F4N7O/c1-22(2)15-32(6-7-34(22)31-18-5-3-4-17(12-18)23(25,26)27)16-28-14-20-29-13-19(24)21(30-20)33-8-10-35-11-9-33/h3-5,12-13,16,31H,6-11,14-15H2,1-2H3. The third-order valence-electron chi connectivity index (χ3n) is 5.95. The highest BCUT2D eigenvalue weighted by molar-refractivity contribution is 5.55. The molecule has 2 aliphatic heterocycles. The van der Waals surface area contributed by atoms with E-state index in [0.717, 1.165) is 12.1 Å². The number of aromatic nitrogens is 2. The van der Waals surface area contributed by atoms with Crippen LogP contribution in [0.25, 0.3) is 0 Å². The van der Waals surface area contributed by atoms with Gasteiger partial charge in [-0.05, 0) is 32.0 Å². The van der Waals surface area contributed by atoms with Gasteiger partial charge in [0, 0.05) is 38.4 Å². The molecule has 12 heteroatoms. The predicted molar refractivity (Wildman–Crippen MR) is 125 cm³/mol. The Kier molecular flexibility index (Phi) is 7.41. The fraction of sp³-hybridized carbons (Fsp3) is 0.522. The van der Waals surface area contributed by atoms with Crippen LogP contribution in [-0.4, -0.2) is 77.7 Å². The average Bonchev–Trinajstić information content (AvgIpc) is 2.82. The molecule has 0 spiro atoms. The van der Waals surface area contributed by atoms with Gasteiger partial charge in [0.1, 0.15) is 6.54 Å². The molecule has 1 N–H and O–H groups in total. The fourth-order valence-corrected chi connectivity index (χ4v) is 4.12. The van der Waals surface area contributed by atoms with E-state index in [-0.39, 0.29) is 17.9 Å². The van der Waals surface area contributed by atoms with Gasteiger partial charge in [-0.3, -0.25) is 4.99 Å². The number of aliphatic imine (C=N–C) groups is 1. The van der Waals surface area contributed by atoms with Crippen molar-refractivity contribution in [2.45, 2.75) is 32.1 Å². The van der Waals surface area contributed by atoms with E-state index in [0.29, 0.717) is 57.4 Å². The summed E-state index contributed by atoms with van der Waals surface area (Å²) in [6.07, 6.45) is -1.49.